The van der Waals surface area contributed by atoms with Gasteiger partial charge >= 0.3 is 5.97 Å². The number of halogens is 2. The van der Waals surface area contributed by atoms with Gasteiger partial charge in [-0.25, -0.2) is 4.39 Å². The number of ether oxygens (including phenoxy) is 1. The lowest BCUT2D eigenvalue weighted by Crippen LogP contribution is -2.42. The molecule has 1 aromatic rings. The van der Waals surface area contributed by atoms with Crippen LogP contribution in [0.4, 0.5) is 4.39 Å². The van der Waals surface area contributed by atoms with E-state index in [1.807, 2.05) is 0 Å². The Balaban J connectivity index is 2.22. The smallest absolute Gasteiger partial charge is 0.312 e. The molecule has 9 heteroatoms. The van der Waals surface area contributed by atoms with Gasteiger partial charge in [0.1, 0.15) is 5.82 Å². The summed E-state index contributed by atoms with van der Waals surface area (Å²) in [6.07, 6.45) is 1.72. The van der Waals surface area contributed by atoms with Crippen molar-refractivity contribution in [2.45, 2.75) is 31.7 Å². The minimum atomic E-state index is -3.58. The fraction of sp³-hybridized carbons (Fsp3) is 0.562. The van der Waals surface area contributed by atoms with Crippen molar-refractivity contribution in [2.24, 2.45) is 5.41 Å². The Hall–Kier alpha value is -1.03. The van der Waals surface area contributed by atoms with Gasteiger partial charge in [0.05, 0.1) is 17.0 Å². The topological polar surface area (TPSA) is 75.7 Å². The van der Waals surface area contributed by atoms with E-state index in [1.54, 1.807) is 12.1 Å². The third kappa shape index (κ3) is 4.58. The standard InChI is InChI=1S/C16H22BrFN2O4S/c1-20(2)25(22,23)19-12-6-7-16(10-12,15(21)24-3)9-11-4-5-14(18)13(17)8-11/h4-5,8,12,19H,6-7,9-10H2,1-3H3/t12-,16+/m0/s1. The van der Waals surface area contributed by atoms with E-state index in [9.17, 15) is 17.6 Å². The second kappa shape index (κ2) is 7.69. The summed E-state index contributed by atoms with van der Waals surface area (Å²) in [5.41, 5.74) is -0.0410. The first-order valence-corrected chi connectivity index (χ1v) is 10.0. The number of carbonyl (C=O) groups is 1. The third-order valence-corrected chi connectivity index (χ3v) is 6.75. The Kier molecular flexibility index (Phi) is 6.24. The van der Waals surface area contributed by atoms with Crippen molar-refractivity contribution in [1.29, 1.82) is 0 Å². The molecule has 0 aromatic heterocycles. The second-order valence-electron chi connectivity index (χ2n) is 6.54. The lowest BCUT2D eigenvalue weighted by molar-refractivity contribution is -0.152. The van der Waals surface area contributed by atoms with Gasteiger partial charge in [-0.05, 0) is 59.3 Å². The van der Waals surface area contributed by atoms with Gasteiger partial charge in [-0.1, -0.05) is 6.07 Å². The van der Waals surface area contributed by atoms with Crippen molar-refractivity contribution < 1.29 is 22.3 Å². The summed E-state index contributed by atoms with van der Waals surface area (Å²) < 4.78 is 46.5. The van der Waals surface area contributed by atoms with Crippen molar-refractivity contribution in [3.63, 3.8) is 0 Å². The van der Waals surface area contributed by atoms with Crippen LogP contribution in [-0.4, -0.2) is 45.9 Å². The summed E-state index contributed by atoms with van der Waals surface area (Å²) in [7, 11) is 0.637. The van der Waals surface area contributed by atoms with Gasteiger partial charge in [0.2, 0.25) is 0 Å². The normalized spacial score (nSPS) is 23.8. The molecule has 1 N–H and O–H groups in total. The van der Waals surface area contributed by atoms with Gasteiger partial charge in [-0.2, -0.15) is 17.4 Å². The quantitative estimate of drug-likeness (QED) is 0.693. The van der Waals surface area contributed by atoms with Gasteiger partial charge < -0.3 is 4.74 Å². The molecule has 1 fully saturated rings. The van der Waals surface area contributed by atoms with Crippen LogP contribution in [0.3, 0.4) is 0 Å². The Morgan fingerprint density at radius 3 is 2.72 bits per heavy atom. The third-order valence-electron chi connectivity index (χ3n) is 4.55. The maximum Gasteiger partial charge on any atom is 0.312 e. The minimum Gasteiger partial charge on any atom is -0.469 e. The zero-order valence-electron chi connectivity index (χ0n) is 14.4. The number of benzene rings is 1. The van der Waals surface area contributed by atoms with Crippen LogP contribution in [0.2, 0.25) is 0 Å². The summed E-state index contributed by atoms with van der Waals surface area (Å²) in [6, 6.07) is 4.25. The molecule has 0 radical (unpaired) electrons. The highest BCUT2D eigenvalue weighted by Gasteiger charge is 2.47. The molecule has 6 nitrogen and oxygen atoms in total. The van der Waals surface area contributed by atoms with E-state index in [-0.39, 0.29) is 17.8 Å². The fourth-order valence-electron chi connectivity index (χ4n) is 3.22. The molecule has 2 rings (SSSR count). The molecule has 1 saturated carbocycles. The highest BCUT2D eigenvalue weighted by atomic mass is 79.9. The number of carbonyl (C=O) groups excluding carboxylic acids is 1. The lowest BCUT2D eigenvalue weighted by Gasteiger charge is -2.27. The first-order chi connectivity index (χ1) is 11.6. The molecule has 2 atom stereocenters. The number of nitrogens with one attached hydrogen (secondary N) is 1. The predicted molar refractivity (Wildman–Crippen MR) is 95.6 cm³/mol. The van der Waals surface area contributed by atoms with Crippen molar-refractivity contribution in [3.05, 3.63) is 34.1 Å². The van der Waals surface area contributed by atoms with E-state index < -0.39 is 15.6 Å². The van der Waals surface area contributed by atoms with Gasteiger partial charge in [0.15, 0.2) is 0 Å². The number of esters is 1. The molecular formula is C16H22BrFN2O4S. The van der Waals surface area contributed by atoms with Crippen LogP contribution < -0.4 is 4.72 Å². The van der Waals surface area contributed by atoms with E-state index in [1.165, 1.54) is 27.3 Å². The van der Waals surface area contributed by atoms with Crippen molar-refractivity contribution in [3.8, 4) is 0 Å². The number of hydrogen-bond donors (Lipinski definition) is 1. The Labute approximate surface area is 156 Å². The fourth-order valence-corrected chi connectivity index (χ4v) is 4.48. The van der Waals surface area contributed by atoms with Crippen LogP contribution in [0.15, 0.2) is 22.7 Å². The van der Waals surface area contributed by atoms with Crippen LogP contribution in [0.1, 0.15) is 24.8 Å². The van der Waals surface area contributed by atoms with Crippen molar-refractivity contribution in [2.75, 3.05) is 21.2 Å². The lowest BCUT2D eigenvalue weighted by atomic mass is 9.80. The molecule has 1 aliphatic rings. The molecule has 1 aliphatic carbocycles. The highest BCUT2D eigenvalue weighted by Crippen LogP contribution is 2.43. The van der Waals surface area contributed by atoms with Crippen LogP contribution >= 0.6 is 15.9 Å². The van der Waals surface area contributed by atoms with E-state index >= 15 is 0 Å². The second-order valence-corrected chi connectivity index (χ2v) is 9.31. The van der Waals surface area contributed by atoms with Gasteiger partial charge in [0, 0.05) is 20.1 Å². The average Bonchev–Trinajstić information content (AvgIpc) is 2.93. The van der Waals surface area contributed by atoms with Crippen molar-refractivity contribution >= 4 is 32.1 Å². The number of nitrogens with zero attached hydrogens (tertiary/aromatic N) is 1. The summed E-state index contributed by atoms with van der Waals surface area (Å²) in [5.74, 6) is -0.751. The van der Waals surface area contributed by atoms with Crippen molar-refractivity contribution in [1.82, 2.24) is 9.03 Å². The molecule has 0 heterocycles. The molecule has 25 heavy (non-hydrogen) atoms. The van der Waals surface area contributed by atoms with E-state index in [2.05, 4.69) is 20.7 Å². The molecule has 0 saturated heterocycles. The molecule has 0 unspecified atom stereocenters. The maximum absolute atomic E-state index is 13.4. The predicted octanol–water partition coefficient (Wildman–Crippen LogP) is 2.24. The van der Waals surface area contributed by atoms with Gasteiger partial charge in [0.25, 0.3) is 10.2 Å². The first kappa shape index (κ1) is 20.3. The van der Waals surface area contributed by atoms with E-state index in [0.717, 1.165) is 9.87 Å². The van der Waals surface area contributed by atoms with Crippen LogP contribution in [0, 0.1) is 11.2 Å². The largest absolute Gasteiger partial charge is 0.469 e. The monoisotopic (exact) mass is 436 g/mol. The summed E-state index contributed by atoms with van der Waals surface area (Å²) in [4.78, 5) is 12.4. The van der Waals surface area contributed by atoms with Crippen LogP contribution in [0.5, 0.6) is 0 Å². The Bertz CT molecular complexity index is 757. The van der Waals surface area contributed by atoms with E-state index in [0.29, 0.717) is 30.2 Å². The molecule has 0 bridgehead atoms. The minimum absolute atomic E-state index is 0.327. The first-order valence-electron chi connectivity index (χ1n) is 7.82. The van der Waals surface area contributed by atoms with Crippen LogP contribution in [0.25, 0.3) is 0 Å². The zero-order chi connectivity index (χ0) is 18.8. The average molecular weight is 437 g/mol. The molecule has 140 valence electrons. The zero-order valence-corrected chi connectivity index (χ0v) is 16.8. The molecule has 0 amide bonds. The summed E-state index contributed by atoms with van der Waals surface area (Å²) in [5, 5.41) is 0. The van der Waals surface area contributed by atoms with E-state index in [4.69, 9.17) is 4.74 Å². The number of methoxy groups -OCH3 is 1. The molecule has 0 aliphatic heterocycles. The highest BCUT2D eigenvalue weighted by molar-refractivity contribution is 9.10. The van der Waals surface area contributed by atoms with Gasteiger partial charge in [-0.15, -0.1) is 0 Å². The van der Waals surface area contributed by atoms with Gasteiger partial charge in [-0.3, -0.25) is 4.79 Å². The SMILES string of the molecule is COC(=O)[C@@]1(Cc2ccc(F)c(Br)c2)CC[C@H](NS(=O)(=O)N(C)C)C1. The molecule has 1 aromatic carbocycles. The maximum atomic E-state index is 13.4. The summed E-state index contributed by atoms with van der Waals surface area (Å²) >= 11 is 3.15. The Morgan fingerprint density at radius 1 is 1.48 bits per heavy atom. The number of hydrogen-bond acceptors (Lipinski definition) is 4. The van der Waals surface area contributed by atoms with Crippen LogP contribution in [-0.2, 0) is 26.2 Å². The summed E-state index contributed by atoms with van der Waals surface area (Å²) in [6.45, 7) is 0. The Morgan fingerprint density at radius 2 is 2.16 bits per heavy atom. The number of rotatable bonds is 6. The molecule has 0 spiro atoms. The molecular weight excluding hydrogens is 415 g/mol.